The molecule has 0 radical (unpaired) electrons. The lowest BCUT2D eigenvalue weighted by Crippen LogP contribution is -2.18. The van der Waals surface area contributed by atoms with Gasteiger partial charge in [0.1, 0.15) is 5.82 Å². The number of rotatable bonds is 4. The summed E-state index contributed by atoms with van der Waals surface area (Å²) < 4.78 is 13.1. The van der Waals surface area contributed by atoms with Gasteiger partial charge in [-0.3, -0.25) is 0 Å². The van der Waals surface area contributed by atoms with Gasteiger partial charge in [0.25, 0.3) is 0 Å². The van der Waals surface area contributed by atoms with Gasteiger partial charge in [-0.1, -0.05) is 12.1 Å². The highest BCUT2D eigenvalue weighted by molar-refractivity contribution is 7.11. The Morgan fingerprint density at radius 3 is 2.78 bits per heavy atom. The van der Waals surface area contributed by atoms with Crippen molar-refractivity contribution in [3.63, 3.8) is 0 Å². The molecule has 1 aromatic heterocycles. The highest BCUT2D eigenvalue weighted by Crippen LogP contribution is 2.19. The number of nitrogens with zero attached hydrogens (tertiary/aromatic N) is 1. The van der Waals surface area contributed by atoms with Gasteiger partial charge in [0, 0.05) is 17.5 Å². The molecule has 0 aliphatic rings. The molecule has 1 heterocycles. The number of aromatic nitrogens is 1. The van der Waals surface area contributed by atoms with Crippen molar-refractivity contribution in [2.24, 2.45) is 0 Å². The molecular formula is C14H17FN2S. The average Bonchev–Trinajstić information content (AvgIpc) is 2.65. The molecule has 0 saturated heterocycles. The largest absolute Gasteiger partial charge is 0.305 e. The Bertz CT molecular complexity index is 536. The Morgan fingerprint density at radius 2 is 2.17 bits per heavy atom. The summed E-state index contributed by atoms with van der Waals surface area (Å²) in [7, 11) is 0. The molecule has 0 aliphatic carbocycles. The predicted molar refractivity (Wildman–Crippen MR) is 73.2 cm³/mol. The van der Waals surface area contributed by atoms with Crippen LogP contribution in [0.4, 0.5) is 4.39 Å². The lowest BCUT2D eigenvalue weighted by Gasteiger charge is -2.13. The van der Waals surface area contributed by atoms with Crippen molar-refractivity contribution in [3.05, 3.63) is 51.2 Å². The van der Waals surface area contributed by atoms with Crippen LogP contribution in [0.15, 0.2) is 24.3 Å². The third-order valence-electron chi connectivity index (χ3n) is 2.92. The molecule has 0 fully saturated rings. The van der Waals surface area contributed by atoms with E-state index in [1.165, 1.54) is 10.9 Å². The molecule has 0 aliphatic heterocycles. The van der Waals surface area contributed by atoms with Crippen LogP contribution in [-0.2, 0) is 6.54 Å². The molecule has 2 aromatic rings. The first kappa shape index (κ1) is 13.2. The van der Waals surface area contributed by atoms with Gasteiger partial charge < -0.3 is 5.32 Å². The Balaban J connectivity index is 2.00. The standard InChI is InChI=1S/C14H17FN2S/c1-9(12-5-4-6-13(15)7-12)16-8-14-10(2)17-11(3)18-14/h4-7,9,16H,8H2,1-3H3/t9-/m1/s1. The lowest BCUT2D eigenvalue weighted by atomic mass is 10.1. The van der Waals surface area contributed by atoms with Crippen LogP contribution in [-0.4, -0.2) is 4.98 Å². The van der Waals surface area contributed by atoms with E-state index in [2.05, 4.69) is 10.3 Å². The van der Waals surface area contributed by atoms with E-state index in [-0.39, 0.29) is 11.9 Å². The van der Waals surface area contributed by atoms with Crippen molar-refractivity contribution in [2.45, 2.75) is 33.4 Å². The van der Waals surface area contributed by atoms with Gasteiger partial charge in [0.15, 0.2) is 0 Å². The molecule has 18 heavy (non-hydrogen) atoms. The number of nitrogens with one attached hydrogen (secondary N) is 1. The zero-order valence-corrected chi connectivity index (χ0v) is 11.6. The fourth-order valence-electron chi connectivity index (χ4n) is 1.88. The first-order chi connectivity index (χ1) is 8.56. The maximum atomic E-state index is 13.1. The van der Waals surface area contributed by atoms with Gasteiger partial charge >= 0.3 is 0 Å². The number of hydrogen-bond donors (Lipinski definition) is 1. The van der Waals surface area contributed by atoms with E-state index in [1.54, 1.807) is 23.5 Å². The summed E-state index contributed by atoms with van der Waals surface area (Å²) in [6.45, 7) is 6.84. The molecule has 0 spiro atoms. The van der Waals surface area contributed by atoms with Gasteiger partial charge in [0.2, 0.25) is 0 Å². The van der Waals surface area contributed by atoms with Crippen molar-refractivity contribution >= 4 is 11.3 Å². The summed E-state index contributed by atoms with van der Waals surface area (Å²) in [5.74, 6) is -0.189. The summed E-state index contributed by atoms with van der Waals surface area (Å²) in [4.78, 5) is 5.64. The molecule has 4 heteroatoms. The fourth-order valence-corrected chi connectivity index (χ4v) is 2.77. The molecule has 0 unspecified atom stereocenters. The first-order valence-electron chi connectivity index (χ1n) is 5.98. The molecule has 0 amide bonds. The van der Waals surface area contributed by atoms with Crippen LogP contribution in [0.2, 0.25) is 0 Å². The second kappa shape index (κ2) is 5.59. The normalized spacial score (nSPS) is 12.7. The monoisotopic (exact) mass is 264 g/mol. The fraction of sp³-hybridized carbons (Fsp3) is 0.357. The van der Waals surface area contributed by atoms with E-state index in [4.69, 9.17) is 0 Å². The molecule has 1 N–H and O–H groups in total. The average molecular weight is 264 g/mol. The van der Waals surface area contributed by atoms with Crippen LogP contribution in [0.1, 0.15) is 34.1 Å². The number of thiazole rings is 1. The van der Waals surface area contributed by atoms with Crippen molar-refractivity contribution in [2.75, 3.05) is 0 Å². The molecule has 96 valence electrons. The molecule has 0 bridgehead atoms. The second-order valence-corrected chi connectivity index (χ2v) is 5.69. The summed E-state index contributed by atoms with van der Waals surface area (Å²) in [5.41, 5.74) is 2.05. The van der Waals surface area contributed by atoms with Crippen LogP contribution in [0.5, 0.6) is 0 Å². The third-order valence-corrected chi connectivity index (χ3v) is 3.99. The van der Waals surface area contributed by atoms with Crippen molar-refractivity contribution in [3.8, 4) is 0 Å². The summed E-state index contributed by atoms with van der Waals surface area (Å²) in [6, 6.07) is 6.84. The van der Waals surface area contributed by atoms with Crippen LogP contribution >= 0.6 is 11.3 Å². The van der Waals surface area contributed by atoms with E-state index < -0.39 is 0 Å². The van der Waals surface area contributed by atoms with E-state index >= 15 is 0 Å². The van der Waals surface area contributed by atoms with E-state index in [0.29, 0.717) is 0 Å². The van der Waals surface area contributed by atoms with Crippen LogP contribution < -0.4 is 5.32 Å². The minimum atomic E-state index is -0.189. The summed E-state index contributed by atoms with van der Waals surface area (Å²) >= 11 is 1.71. The Morgan fingerprint density at radius 1 is 1.39 bits per heavy atom. The zero-order valence-electron chi connectivity index (χ0n) is 10.8. The van der Waals surface area contributed by atoms with Crippen molar-refractivity contribution < 1.29 is 4.39 Å². The van der Waals surface area contributed by atoms with E-state index in [0.717, 1.165) is 22.8 Å². The van der Waals surface area contributed by atoms with Gasteiger partial charge in [-0.25, -0.2) is 9.37 Å². The van der Waals surface area contributed by atoms with Gasteiger partial charge in [-0.2, -0.15) is 0 Å². The van der Waals surface area contributed by atoms with Crippen LogP contribution in [0.25, 0.3) is 0 Å². The lowest BCUT2D eigenvalue weighted by molar-refractivity contribution is 0.567. The van der Waals surface area contributed by atoms with Gasteiger partial charge in [-0.05, 0) is 38.5 Å². The zero-order chi connectivity index (χ0) is 13.1. The van der Waals surface area contributed by atoms with E-state index in [9.17, 15) is 4.39 Å². The van der Waals surface area contributed by atoms with E-state index in [1.807, 2.05) is 26.8 Å². The molecule has 1 aromatic carbocycles. The quantitative estimate of drug-likeness (QED) is 0.909. The molecule has 0 saturated carbocycles. The SMILES string of the molecule is Cc1nc(C)c(CN[C@H](C)c2cccc(F)c2)s1. The topological polar surface area (TPSA) is 24.9 Å². The second-order valence-electron chi connectivity index (χ2n) is 4.40. The minimum Gasteiger partial charge on any atom is -0.305 e. The number of benzene rings is 1. The Kier molecular flexibility index (Phi) is 4.09. The van der Waals surface area contributed by atoms with Gasteiger partial charge in [0.05, 0.1) is 10.7 Å². The highest BCUT2D eigenvalue weighted by Gasteiger charge is 2.09. The first-order valence-corrected chi connectivity index (χ1v) is 6.79. The number of aryl methyl sites for hydroxylation is 2. The van der Waals surface area contributed by atoms with Crippen molar-refractivity contribution in [1.82, 2.24) is 10.3 Å². The van der Waals surface area contributed by atoms with Crippen LogP contribution in [0.3, 0.4) is 0 Å². The molecule has 2 rings (SSSR count). The highest BCUT2D eigenvalue weighted by atomic mass is 32.1. The maximum Gasteiger partial charge on any atom is 0.123 e. The number of hydrogen-bond acceptors (Lipinski definition) is 3. The maximum absolute atomic E-state index is 13.1. The molecular weight excluding hydrogens is 247 g/mol. The Labute approximate surface area is 111 Å². The van der Waals surface area contributed by atoms with Gasteiger partial charge in [-0.15, -0.1) is 11.3 Å². The summed E-state index contributed by atoms with van der Waals surface area (Å²) in [5, 5.41) is 4.49. The van der Waals surface area contributed by atoms with Crippen LogP contribution in [0, 0.1) is 19.7 Å². The third kappa shape index (κ3) is 3.15. The summed E-state index contributed by atoms with van der Waals surface area (Å²) in [6.07, 6.45) is 0. The molecule has 2 nitrogen and oxygen atoms in total. The van der Waals surface area contributed by atoms with Crippen molar-refractivity contribution in [1.29, 1.82) is 0 Å². The Hall–Kier alpha value is -1.26. The molecule has 1 atom stereocenters. The predicted octanol–water partition coefficient (Wildman–Crippen LogP) is 3.75. The number of halogens is 1. The minimum absolute atomic E-state index is 0.127. The smallest absolute Gasteiger partial charge is 0.123 e.